The highest BCUT2D eigenvalue weighted by Gasteiger charge is 2.28. The molecule has 164 valence electrons. The van der Waals surface area contributed by atoms with Crippen molar-refractivity contribution < 1.29 is 14.1 Å². The molecule has 1 aliphatic rings. The van der Waals surface area contributed by atoms with Gasteiger partial charge >= 0.3 is 0 Å². The van der Waals surface area contributed by atoms with E-state index < -0.39 is 0 Å². The number of benzene rings is 1. The van der Waals surface area contributed by atoms with Gasteiger partial charge in [0.15, 0.2) is 5.82 Å². The Kier molecular flexibility index (Phi) is 6.65. The number of nitrogens with one attached hydrogen (secondary N) is 1. The molecule has 0 saturated heterocycles. The fourth-order valence-electron chi connectivity index (χ4n) is 4.41. The van der Waals surface area contributed by atoms with Gasteiger partial charge in [-0.05, 0) is 54.5 Å². The number of thiophene rings is 1. The monoisotopic (exact) mass is 440 g/mol. The van der Waals surface area contributed by atoms with Gasteiger partial charge in [0.25, 0.3) is 5.91 Å². The second-order valence-corrected chi connectivity index (χ2v) is 9.24. The predicted octanol–water partition coefficient (Wildman–Crippen LogP) is 3.97. The molecule has 2 amide bonds. The standard InChI is InChI=1S/C23H28N4O3S/c1-2-18-26-20(30-27-18)12-11-19(28)25-13-14-7-9-15(10-8-14)21-16-5-3-4-6-17(16)31-22(21)23(24)29/h3-6,14-15H,2,7-13H2,1H3,(H2,24,29)(H,25,28). The van der Waals surface area contributed by atoms with Gasteiger partial charge in [-0.3, -0.25) is 9.59 Å². The highest BCUT2D eigenvalue weighted by atomic mass is 32.1. The van der Waals surface area contributed by atoms with E-state index in [0.29, 0.717) is 47.8 Å². The summed E-state index contributed by atoms with van der Waals surface area (Å²) in [7, 11) is 0. The lowest BCUT2D eigenvalue weighted by atomic mass is 9.77. The molecule has 3 N–H and O–H groups in total. The number of amides is 2. The van der Waals surface area contributed by atoms with Gasteiger partial charge in [-0.1, -0.05) is 30.3 Å². The summed E-state index contributed by atoms with van der Waals surface area (Å²) in [5.41, 5.74) is 6.81. The third-order valence-electron chi connectivity index (χ3n) is 6.09. The van der Waals surface area contributed by atoms with Gasteiger partial charge < -0.3 is 15.6 Å². The van der Waals surface area contributed by atoms with Crippen LogP contribution < -0.4 is 11.1 Å². The predicted molar refractivity (Wildman–Crippen MR) is 120 cm³/mol. The first-order chi connectivity index (χ1) is 15.0. The average Bonchev–Trinajstić information content (AvgIpc) is 3.41. The smallest absolute Gasteiger partial charge is 0.259 e. The summed E-state index contributed by atoms with van der Waals surface area (Å²) < 4.78 is 6.25. The number of rotatable bonds is 8. The SMILES string of the molecule is CCc1noc(CCC(=O)NCC2CCC(c3c(C(N)=O)sc4ccccc34)CC2)n1. The van der Waals surface area contributed by atoms with E-state index in [1.165, 1.54) is 11.3 Å². The number of primary amides is 1. The van der Waals surface area contributed by atoms with Crippen LogP contribution in [0, 0.1) is 5.92 Å². The van der Waals surface area contributed by atoms with E-state index in [0.717, 1.165) is 47.8 Å². The van der Waals surface area contributed by atoms with Gasteiger partial charge in [-0.25, -0.2) is 0 Å². The maximum Gasteiger partial charge on any atom is 0.259 e. The van der Waals surface area contributed by atoms with Crippen LogP contribution in [0.25, 0.3) is 10.1 Å². The number of carbonyl (C=O) groups is 2. The molecule has 0 radical (unpaired) electrons. The molecule has 1 aromatic carbocycles. The summed E-state index contributed by atoms with van der Waals surface area (Å²) in [5.74, 6) is 1.66. The average molecular weight is 441 g/mol. The van der Waals surface area contributed by atoms with Crippen LogP contribution in [-0.2, 0) is 17.6 Å². The number of nitrogens with two attached hydrogens (primary N) is 1. The highest BCUT2D eigenvalue weighted by molar-refractivity contribution is 7.21. The van der Waals surface area contributed by atoms with Gasteiger partial charge in [0, 0.05) is 30.5 Å². The minimum absolute atomic E-state index is 0.0122. The van der Waals surface area contributed by atoms with Crippen molar-refractivity contribution in [2.24, 2.45) is 11.7 Å². The molecule has 7 nitrogen and oxygen atoms in total. The van der Waals surface area contributed by atoms with Crippen LogP contribution in [0.5, 0.6) is 0 Å². The van der Waals surface area contributed by atoms with E-state index in [9.17, 15) is 9.59 Å². The third-order valence-corrected chi connectivity index (χ3v) is 7.29. The fraction of sp³-hybridized carbons (Fsp3) is 0.478. The molecule has 8 heteroatoms. The molecule has 0 aliphatic heterocycles. The van der Waals surface area contributed by atoms with Crippen molar-refractivity contribution in [2.75, 3.05) is 6.54 Å². The molecule has 31 heavy (non-hydrogen) atoms. The van der Waals surface area contributed by atoms with E-state index in [1.807, 2.05) is 19.1 Å². The largest absolute Gasteiger partial charge is 0.365 e. The Labute approximate surface area is 185 Å². The molecular formula is C23H28N4O3S. The first-order valence-corrected chi connectivity index (χ1v) is 11.8. The van der Waals surface area contributed by atoms with Crippen molar-refractivity contribution in [2.45, 2.75) is 57.8 Å². The Morgan fingerprint density at radius 2 is 2.00 bits per heavy atom. The Hall–Kier alpha value is -2.74. The summed E-state index contributed by atoms with van der Waals surface area (Å²) in [5, 5.41) is 8.06. The maximum absolute atomic E-state index is 12.2. The quantitative estimate of drug-likeness (QED) is 0.551. The molecule has 1 saturated carbocycles. The molecule has 0 spiro atoms. The lowest BCUT2D eigenvalue weighted by Crippen LogP contribution is -2.31. The van der Waals surface area contributed by atoms with E-state index in [-0.39, 0.29) is 11.8 Å². The van der Waals surface area contributed by atoms with E-state index in [2.05, 4.69) is 27.6 Å². The number of fused-ring (bicyclic) bond motifs is 1. The van der Waals surface area contributed by atoms with Crippen molar-refractivity contribution in [3.8, 4) is 0 Å². The fourth-order valence-corrected chi connectivity index (χ4v) is 5.55. The molecule has 0 atom stereocenters. The van der Waals surface area contributed by atoms with Crippen molar-refractivity contribution in [3.05, 3.63) is 46.4 Å². The summed E-state index contributed by atoms with van der Waals surface area (Å²) in [6.07, 6.45) is 5.59. The van der Waals surface area contributed by atoms with Gasteiger partial charge in [0.1, 0.15) is 0 Å². The Bertz CT molecular complexity index is 1070. The Morgan fingerprint density at radius 1 is 1.23 bits per heavy atom. The molecule has 3 aromatic rings. The van der Waals surface area contributed by atoms with Crippen LogP contribution in [0.4, 0.5) is 0 Å². The Balaban J connectivity index is 1.28. The lowest BCUT2D eigenvalue weighted by Gasteiger charge is -2.29. The lowest BCUT2D eigenvalue weighted by molar-refractivity contribution is -0.121. The molecule has 1 aliphatic carbocycles. The van der Waals surface area contributed by atoms with Crippen LogP contribution in [0.15, 0.2) is 28.8 Å². The van der Waals surface area contributed by atoms with E-state index in [4.69, 9.17) is 10.3 Å². The molecule has 0 unspecified atom stereocenters. The summed E-state index contributed by atoms with van der Waals surface area (Å²) >= 11 is 1.50. The van der Waals surface area contributed by atoms with E-state index in [1.54, 1.807) is 0 Å². The summed E-state index contributed by atoms with van der Waals surface area (Å²) in [6, 6.07) is 8.15. The summed E-state index contributed by atoms with van der Waals surface area (Å²) in [6.45, 7) is 2.65. The van der Waals surface area contributed by atoms with Crippen LogP contribution in [-0.4, -0.2) is 28.5 Å². The van der Waals surface area contributed by atoms with Crippen LogP contribution in [0.1, 0.15) is 71.9 Å². The first kappa shape index (κ1) is 21.5. The zero-order chi connectivity index (χ0) is 21.8. The second-order valence-electron chi connectivity index (χ2n) is 8.18. The van der Waals surface area contributed by atoms with Crippen molar-refractivity contribution >= 4 is 33.2 Å². The first-order valence-electron chi connectivity index (χ1n) is 10.9. The molecule has 2 aromatic heterocycles. The van der Waals surface area contributed by atoms with Crippen LogP contribution in [0.2, 0.25) is 0 Å². The van der Waals surface area contributed by atoms with Crippen LogP contribution in [0.3, 0.4) is 0 Å². The molecule has 2 heterocycles. The number of hydrogen-bond acceptors (Lipinski definition) is 6. The number of aromatic nitrogens is 2. The zero-order valence-corrected chi connectivity index (χ0v) is 18.5. The van der Waals surface area contributed by atoms with Crippen molar-refractivity contribution in [1.82, 2.24) is 15.5 Å². The van der Waals surface area contributed by atoms with Crippen molar-refractivity contribution in [3.63, 3.8) is 0 Å². The summed E-state index contributed by atoms with van der Waals surface area (Å²) in [4.78, 5) is 29.2. The maximum atomic E-state index is 12.2. The molecule has 4 rings (SSSR count). The molecule has 0 bridgehead atoms. The minimum atomic E-state index is -0.335. The second kappa shape index (κ2) is 9.60. The number of aryl methyl sites for hydroxylation is 2. The number of carbonyl (C=O) groups excluding carboxylic acids is 2. The number of nitrogens with zero attached hydrogens (tertiary/aromatic N) is 2. The molecular weight excluding hydrogens is 412 g/mol. The van der Waals surface area contributed by atoms with Gasteiger partial charge in [0.2, 0.25) is 11.8 Å². The van der Waals surface area contributed by atoms with Gasteiger partial charge in [0.05, 0.1) is 4.88 Å². The highest BCUT2D eigenvalue weighted by Crippen LogP contribution is 2.43. The topological polar surface area (TPSA) is 111 Å². The zero-order valence-electron chi connectivity index (χ0n) is 17.7. The number of hydrogen-bond donors (Lipinski definition) is 2. The van der Waals surface area contributed by atoms with E-state index >= 15 is 0 Å². The third kappa shape index (κ3) is 4.95. The minimum Gasteiger partial charge on any atom is -0.365 e. The van der Waals surface area contributed by atoms with Crippen LogP contribution >= 0.6 is 11.3 Å². The normalized spacial score (nSPS) is 18.9. The Morgan fingerprint density at radius 3 is 2.71 bits per heavy atom. The van der Waals surface area contributed by atoms with Crippen molar-refractivity contribution in [1.29, 1.82) is 0 Å². The van der Waals surface area contributed by atoms with Gasteiger partial charge in [-0.2, -0.15) is 4.98 Å². The van der Waals surface area contributed by atoms with Gasteiger partial charge in [-0.15, -0.1) is 11.3 Å². The molecule has 1 fully saturated rings.